The van der Waals surface area contributed by atoms with Gasteiger partial charge in [0, 0.05) is 64.4 Å². The van der Waals surface area contributed by atoms with Crippen LogP contribution in [-0.4, -0.2) is 110 Å². The van der Waals surface area contributed by atoms with E-state index in [4.69, 9.17) is 5.73 Å². The molecule has 5 nitrogen and oxygen atoms in total. The highest BCUT2D eigenvalue weighted by atomic mass is 19.1. The molecule has 3 fully saturated rings. The molecule has 0 aromatic heterocycles. The Balaban J connectivity index is 1.65. The minimum atomic E-state index is -0.823. The summed E-state index contributed by atoms with van der Waals surface area (Å²) in [6.07, 6.45) is -0.823. The molecule has 4 atom stereocenters. The summed E-state index contributed by atoms with van der Waals surface area (Å²) in [5, 5.41) is 0. The molecule has 3 heterocycles. The van der Waals surface area contributed by atoms with Crippen molar-refractivity contribution in [2.24, 2.45) is 5.73 Å². The third kappa shape index (κ3) is 2.85. The summed E-state index contributed by atoms with van der Waals surface area (Å²) in [6, 6.07) is 0.374. The van der Waals surface area contributed by atoms with Crippen molar-refractivity contribution in [1.29, 1.82) is 0 Å². The van der Waals surface area contributed by atoms with E-state index in [0.717, 1.165) is 45.8 Å². The van der Waals surface area contributed by atoms with Crippen molar-refractivity contribution in [2.45, 2.75) is 24.3 Å². The van der Waals surface area contributed by atoms with E-state index in [-0.39, 0.29) is 12.1 Å². The second-order valence-corrected chi connectivity index (χ2v) is 6.84. The van der Waals surface area contributed by atoms with Gasteiger partial charge in [0.1, 0.15) is 6.17 Å². The van der Waals surface area contributed by atoms with Gasteiger partial charge < -0.3 is 15.5 Å². The van der Waals surface area contributed by atoms with Crippen LogP contribution in [0.3, 0.4) is 0 Å². The van der Waals surface area contributed by atoms with Gasteiger partial charge in [-0.3, -0.25) is 9.80 Å². The van der Waals surface area contributed by atoms with E-state index >= 15 is 0 Å². The van der Waals surface area contributed by atoms with Crippen molar-refractivity contribution >= 4 is 0 Å². The zero-order valence-corrected chi connectivity index (χ0v) is 12.7. The van der Waals surface area contributed by atoms with Crippen molar-refractivity contribution in [2.75, 3.05) is 66.5 Å². The Bertz CT molecular complexity index is 330. The van der Waals surface area contributed by atoms with E-state index in [0.29, 0.717) is 12.6 Å². The van der Waals surface area contributed by atoms with E-state index in [2.05, 4.69) is 21.7 Å². The van der Waals surface area contributed by atoms with E-state index in [1.807, 2.05) is 11.9 Å². The summed E-state index contributed by atoms with van der Waals surface area (Å²) in [4.78, 5) is 9.27. The van der Waals surface area contributed by atoms with Crippen LogP contribution in [-0.2, 0) is 0 Å². The van der Waals surface area contributed by atoms with Gasteiger partial charge in [0.2, 0.25) is 0 Å². The molecule has 3 saturated heterocycles. The predicted octanol–water partition coefficient (Wildman–Crippen LogP) is -1.10. The van der Waals surface area contributed by atoms with Crippen LogP contribution < -0.4 is 5.73 Å². The third-order valence-corrected chi connectivity index (χ3v) is 5.17. The molecule has 0 bridgehead atoms. The second kappa shape index (κ2) is 5.85. The highest BCUT2D eigenvalue weighted by molar-refractivity contribution is 4.99. The van der Waals surface area contributed by atoms with Crippen LogP contribution >= 0.6 is 0 Å². The van der Waals surface area contributed by atoms with Crippen LogP contribution in [0.15, 0.2) is 0 Å². The lowest BCUT2D eigenvalue weighted by molar-refractivity contribution is -0.0361. The molecule has 3 rings (SSSR count). The fourth-order valence-corrected chi connectivity index (χ4v) is 4.12. The maximum absolute atomic E-state index is 14.4. The van der Waals surface area contributed by atoms with Gasteiger partial charge in [0.25, 0.3) is 0 Å². The molecule has 0 saturated carbocycles. The number of fused-ring (bicyclic) bond motifs is 1. The number of hydrogen-bond donors (Lipinski definition) is 1. The predicted molar refractivity (Wildman–Crippen MR) is 78.6 cm³/mol. The highest BCUT2D eigenvalue weighted by Crippen LogP contribution is 2.23. The van der Waals surface area contributed by atoms with Crippen molar-refractivity contribution < 1.29 is 4.39 Å². The van der Waals surface area contributed by atoms with E-state index < -0.39 is 6.17 Å². The molecule has 0 aromatic rings. The summed E-state index contributed by atoms with van der Waals surface area (Å²) in [5.41, 5.74) is 6.24. The largest absolute Gasteiger partial charge is 0.325 e. The maximum Gasteiger partial charge on any atom is 0.130 e. The van der Waals surface area contributed by atoms with Gasteiger partial charge in [-0.15, -0.1) is 0 Å². The first-order chi connectivity index (χ1) is 9.54. The first-order valence-electron chi connectivity index (χ1n) is 7.79. The zero-order valence-electron chi connectivity index (χ0n) is 12.7. The number of nitrogens with two attached hydrogens (primary N) is 1. The average Bonchev–Trinajstić information content (AvgIpc) is 2.37. The highest BCUT2D eigenvalue weighted by Gasteiger charge is 2.41. The summed E-state index contributed by atoms with van der Waals surface area (Å²) in [5.74, 6) is 0. The number of likely N-dealkylation sites (tertiary alicyclic amines) is 1. The first kappa shape index (κ1) is 14.7. The lowest BCUT2D eigenvalue weighted by Gasteiger charge is -2.51. The number of alkyl halides is 1. The van der Waals surface area contributed by atoms with E-state index in [1.165, 1.54) is 0 Å². The Morgan fingerprint density at radius 1 is 0.850 bits per heavy atom. The Hall–Kier alpha value is -0.270. The van der Waals surface area contributed by atoms with Crippen LogP contribution in [0.4, 0.5) is 4.39 Å². The van der Waals surface area contributed by atoms with Gasteiger partial charge in [-0.1, -0.05) is 0 Å². The van der Waals surface area contributed by atoms with Gasteiger partial charge >= 0.3 is 0 Å². The molecule has 0 radical (unpaired) electrons. The first-order valence-corrected chi connectivity index (χ1v) is 7.79. The average molecular weight is 285 g/mol. The number of likely N-dealkylation sites (N-methyl/N-ethyl adjacent to an activating group) is 2. The zero-order chi connectivity index (χ0) is 14.3. The Morgan fingerprint density at radius 2 is 1.55 bits per heavy atom. The van der Waals surface area contributed by atoms with Crippen molar-refractivity contribution in [1.82, 2.24) is 19.6 Å². The summed E-state index contributed by atoms with van der Waals surface area (Å²) >= 11 is 0. The number of hydrogen-bond acceptors (Lipinski definition) is 5. The standard InChI is InChI=1S/C14H28FN5/c1-17-3-4-19-5-6-20(8-11(19)7-17)14-12(15)9-18(2)10-13(14)16/h11-14H,3-10,16H2,1-2H3. The number of piperidine rings is 1. The van der Waals surface area contributed by atoms with Crippen LogP contribution in [0, 0.1) is 0 Å². The topological polar surface area (TPSA) is 39.0 Å². The molecule has 0 aliphatic carbocycles. The van der Waals surface area contributed by atoms with Crippen molar-refractivity contribution in [3.63, 3.8) is 0 Å². The smallest absolute Gasteiger partial charge is 0.130 e. The van der Waals surface area contributed by atoms with Gasteiger partial charge in [0.05, 0.1) is 6.04 Å². The molecular weight excluding hydrogens is 257 g/mol. The van der Waals surface area contributed by atoms with Crippen molar-refractivity contribution in [3.05, 3.63) is 0 Å². The number of piperazine rings is 2. The SMILES string of the molecule is CN1CC(N)C(N2CCN3CCN(C)CC3C2)C(F)C1. The monoisotopic (exact) mass is 285 g/mol. The molecule has 2 N–H and O–H groups in total. The summed E-state index contributed by atoms with van der Waals surface area (Å²) in [7, 11) is 4.13. The van der Waals surface area contributed by atoms with Gasteiger partial charge in [-0.25, -0.2) is 4.39 Å². The van der Waals surface area contributed by atoms with Crippen LogP contribution in [0.5, 0.6) is 0 Å². The van der Waals surface area contributed by atoms with Gasteiger partial charge in [-0.2, -0.15) is 0 Å². The number of rotatable bonds is 1. The molecule has 3 aliphatic heterocycles. The van der Waals surface area contributed by atoms with Crippen LogP contribution in [0.25, 0.3) is 0 Å². The minimum absolute atomic E-state index is 0.0726. The molecule has 116 valence electrons. The fourth-order valence-electron chi connectivity index (χ4n) is 4.12. The normalized spacial score (nSPS) is 42.6. The van der Waals surface area contributed by atoms with Crippen LogP contribution in [0.2, 0.25) is 0 Å². The van der Waals surface area contributed by atoms with Crippen LogP contribution in [0.1, 0.15) is 0 Å². The molecular formula is C14H28FN5. The second-order valence-electron chi connectivity index (χ2n) is 6.84. The molecule has 0 amide bonds. The van der Waals surface area contributed by atoms with E-state index in [1.54, 1.807) is 0 Å². The lowest BCUT2D eigenvalue weighted by Crippen LogP contribution is -2.69. The Kier molecular flexibility index (Phi) is 4.29. The third-order valence-electron chi connectivity index (χ3n) is 5.17. The van der Waals surface area contributed by atoms with Gasteiger partial charge in [0.15, 0.2) is 0 Å². The molecule has 4 unspecified atom stereocenters. The van der Waals surface area contributed by atoms with E-state index in [9.17, 15) is 4.39 Å². The molecule has 6 heteroatoms. The lowest BCUT2D eigenvalue weighted by atomic mass is 9.94. The molecule has 0 spiro atoms. The molecule has 0 aromatic carbocycles. The Morgan fingerprint density at radius 3 is 2.30 bits per heavy atom. The molecule has 3 aliphatic rings. The van der Waals surface area contributed by atoms with Gasteiger partial charge in [-0.05, 0) is 14.1 Å². The minimum Gasteiger partial charge on any atom is -0.325 e. The van der Waals surface area contributed by atoms with Crippen molar-refractivity contribution in [3.8, 4) is 0 Å². The number of halogens is 1. The molecule has 20 heavy (non-hydrogen) atoms. The fraction of sp³-hybridized carbons (Fsp3) is 1.00. The quantitative estimate of drug-likeness (QED) is 0.662. The summed E-state index contributed by atoms with van der Waals surface area (Å²) < 4.78 is 14.4. The number of nitrogens with zero attached hydrogens (tertiary/aromatic N) is 4. The maximum atomic E-state index is 14.4. The Labute approximate surface area is 121 Å². The summed E-state index contributed by atoms with van der Waals surface area (Å²) in [6.45, 7) is 7.69.